The number of tetrazole rings is 1. The van der Waals surface area contributed by atoms with Gasteiger partial charge >= 0.3 is 5.97 Å². The summed E-state index contributed by atoms with van der Waals surface area (Å²) in [6.45, 7) is 4.11. The molecule has 0 aliphatic heterocycles. The Morgan fingerprint density at radius 1 is 1.44 bits per heavy atom. The van der Waals surface area contributed by atoms with Crippen LogP contribution in [-0.4, -0.2) is 45.2 Å². The molecule has 1 N–H and O–H groups in total. The molecule has 0 fully saturated rings. The number of nitrogens with zero attached hydrogens (tertiary/aromatic N) is 4. The Morgan fingerprint density at radius 2 is 2.19 bits per heavy atom. The van der Waals surface area contributed by atoms with Gasteiger partial charge in [-0.2, -0.15) is 0 Å². The first kappa shape index (κ1) is 12.1. The number of amides is 1. The van der Waals surface area contributed by atoms with E-state index in [0.29, 0.717) is 6.54 Å². The lowest BCUT2D eigenvalue weighted by atomic mass is 10.5. The molecule has 0 aliphatic carbocycles. The van der Waals surface area contributed by atoms with Crippen LogP contribution in [0.5, 0.6) is 0 Å². The summed E-state index contributed by atoms with van der Waals surface area (Å²) < 4.78 is 5.83. The van der Waals surface area contributed by atoms with Crippen LogP contribution >= 0.6 is 0 Å². The molecule has 16 heavy (non-hydrogen) atoms. The number of rotatable bonds is 5. The molecule has 1 amide bonds. The zero-order valence-electron chi connectivity index (χ0n) is 9.13. The third-order valence-corrected chi connectivity index (χ3v) is 1.66. The molecule has 0 radical (unpaired) electrons. The monoisotopic (exact) mass is 227 g/mol. The number of likely N-dealkylation sites (N-methyl/N-ethyl adjacent to an activating group) is 1. The lowest BCUT2D eigenvalue weighted by Crippen LogP contribution is -2.29. The molecule has 1 aromatic heterocycles. The summed E-state index contributed by atoms with van der Waals surface area (Å²) in [6, 6.07) is 0. The summed E-state index contributed by atoms with van der Waals surface area (Å²) in [5.41, 5.74) is 0. The van der Waals surface area contributed by atoms with E-state index in [1.807, 2.05) is 0 Å². The molecule has 8 nitrogen and oxygen atoms in total. The maximum Gasteiger partial charge on any atom is 0.378 e. The van der Waals surface area contributed by atoms with Crippen molar-refractivity contribution in [1.82, 2.24) is 25.5 Å². The van der Waals surface area contributed by atoms with Gasteiger partial charge in [0, 0.05) is 6.54 Å². The van der Waals surface area contributed by atoms with E-state index in [1.54, 1.807) is 13.8 Å². The topological polar surface area (TPSA) is 99.0 Å². The van der Waals surface area contributed by atoms with Gasteiger partial charge in [-0.3, -0.25) is 4.79 Å². The van der Waals surface area contributed by atoms with E-state index in [-0.39, 0.29) is 24.9 Å². The van der Waals surface area contributed by atoms with Crippen molar-refractivity contribution < 1.29 is 14.3 Å². The van der Waals surface area contributed by atoms with Crippen molar-refractivity contribution in [2.75, 3.05) is 13.2 Å². The Balaban J connectivity index is 2.70. The summed E-state index contributed by atoms with van der Waals surface area (Å²) in [5.74, 6) is -0.981. The minimum atomic E-state index is -0.642. The first-order valence-electron chi connectivity index (χ1n) is 4.89. The minimum absolute atomic E-state index is 0.0758. The third-order valence-electron chi connectivity index (χ3n) is 1.66. The van der Waals surface area contributed by atoms with Gasteiger partial charge in [-0.05, 0) is 24.3 Å². The van der Waals surface area contributed by atoms with Gasteiger partial charge in [-0.15, -0.1) is 5.10 Å². The lowest BCUT2D eigenvalue weighted by molar-refractivity contribution is -0.121. The van der Waals surface area contributed by atoms with E-state index in [1.165, 1.54) is 0 Å². The summed E-state index contributed by atoms with van der Waals surface area (Å²) in [4.78, 5) is 22.6. The van der Waals surface area contributed by atoms with Crippen molar-refractivity contribution in [3.63, 3.8) is 0 Å². The van der Waals surface area contributed by atoms with E-state index in [4.69, 9.17) is 4.74 Å². The molecule has 88 valence electrons. The highest BCUT2D eigenvalue weighted by Gasteiger charge is 2.18. The molecule has 0 bridgehead atoms. The number of nitrogens with one attached hydrogen (secondary N) is 1. The number of carbonyl (C=O) groups is 2. The predicted octanol–water partition coefficient (Wildman–Crippen LogP) is -1.01. The molecule has 0 saturated carbocycles. The van der Waals surface area contributed by atoms with Crippen LogP contribution in [0, 0.1) is 0 Å². The molecule has 1 heterocycles. The fourth-order valence-electron chi connectivity index (χ4n) is 1.04. The zero-order valence-corrected chi connectivity index (χ0v) is 9.13. The lowest BCUT2D eigenvalue weighted by Gasteiger charge is -2.03. The van der Waals surface area contributed by atoms with Gasteiger partial charge in [0.2, 0.25) is 5.91 Å². The van der Waals surface area contributed by atoms with E-state index >= 15 is 0 Å². The molecule has 1 aromatic rings. The average Bonchev–Trinajstić information content (AvgIpc) is 2.66. The molecular formula is C8H13N5O3. The Labute approximate surface area is 92.0 Å². The fraction of sp³-hybridized carbons (Fsp3) is 0.625. The van der Waals surface area contributed by atoms with Crippen LogP contribution in [0.2, 0.25) is 0 Å². The molecular weight excluding hydrogens is 214 g/mol. The van der Waals surface area contributed by atoms with Gasteiger partial charge in [0.15, 0.2) is 0 Å². The zero-order chi connectivity index (χ0) is 12.0. The van der Waals surface area contributed by atoms with Crippen molar-refractivity contribution in [3.05, 3.63) is 5.82 Å². The molecule has 0 unspecified atom stereocenters. The van der Waals surface area contributed by atoms with Crippen molar-refractivity contribution in [3.8, 4) is 0 Å². The second-order valence-electron chi connectivity index (χ2n) is 2.83. The Kier molecular flexibility index (Phi) is 4.37. The van der Waals surface area contributed by atoms with Gasteiger partial charge in [-0.1, -0.05) is 0 Å². The summed E-state index contributed by atoms with van der Waals surface area (Å²) >= 11 is 0. The number of aromatic nitrogens is 4. The van der Waals surface area contributed by atoms with E-state index < -0.39 is 5.97 Å². The quantitative estimate of drug-likeness (QED) is 0.647. The second-order valence-corrected chi connectivity index (χ2v) is 2.83. The van der Waals surface area contributed by atoms with Crippen molar-refractivity contribution in [1.29, 1.82) is 0 Å². The molecule has 0 atom stereocenters. The molecule has 0 spiro atoms. The highest BCUT2D eigenvalue weighted by atomic mass is 16.5. The maximum absolute atomic E-state index is 11.3. The van der Waals surface area contributed by atoms with E-state index in [9.17, 15) is 9.59 Å². The molecule has 0 aliphatic rings. The highest BCUT2D eigenvalue weighted by Crippen LogP contribution is 1.95. The summed E-state index contributed by atoms with van der Waals surface area (Å²) in [5, 5.41) is 12.9. The fourth-order valence-corrected chi connectivity index (χ4v) is 1.04. The van der Waals surface area contributed by atoms with Crippen LogP contribution in [0.15, 0.2) is 0 Å². The predicted molar refractivity (Wildman–Crippen MR) is 52.5 cm³/mol. The SMILES string of the molecule is CCNC(=O)Cn1nnnc1C(=O)OCC. The molecule has 8 heteroatoms. The van der Waals surface area contributed by atoms with Crippen molar-refractivity contribution in [2.24, 2.45) is 0 Å². The summed E-state index contributed by atoms with van der Waals surface area (Å²) in [6.07, 6.45) is 0. The van der Waals surface area contributed by atoms with Crippen LogP contribution < -0.4 is 5.32 Å². The number of carbonyl (C=O) groups excluding carboxylic acids is 2. The van der Waals surface area contributed by atoms with Gasteiger partial charge in [0.25, 0.3) is 5.82 Å². The van der Waals surface area contributed by atoms with Crippen LogP contribution in [0.3, 0.4) is 0 Å². The van der Waals surface area contributed by atoms with Gasteiger partial charge in [-0.25, -0.2) is 9.48 Å². The third kappa shape index (κ3) is 3.01. The first-order chi connectivity index (χ1) is 7.69. The Morgan fingerprint density at radius 3 is 2.81 bits per heavy atom. The number of ether oxygens (including phenoxy) is 1. The van der Waals surface area contributed by atoms with Crippen molar-refractivity contribution >= 4 is 11.9 Å². The van der Waals surface area contributed by atoms with E-state index in [0.717, 1.165) is 4.68 Å². The standard InChI is InChI=1S/C8H13N5O3/c1-3-9-6(14)5-13-7(10-11-12-13)8(15)16-4-2/h3-5H2,1-2H3,(H,9,14). The first-order valence-corrected chi connectivity index (χ1v) is 4.89. The van der Waals surface area contributed by atoms with Crippen LogP contribution in [-0.2, 0) is 16.1 Å². The largest absolute Gasteiger partial charge is 0.460 e. The molecule has 1 rings (SSSR count). The minimum Gasteiger partial charge on any atom is -0.460 e. The highest BCUT2D eigenvalue weighted by molar-refractivity contribution is 5.86. The van der Waals surface area contributed by atoms with Crippen LogP contribution in [0.1, 0.15) is 24.5 Å². The van der Waals surface area contributed by atoms with Gasteiger partial charge < -0.3 is 10.1 Å². The Hall–Kier alpha value is -1.99. The molecule has 0 saturated heterocycles. The Bertz CT molecular complexity index is 376. The smallest absolute Gasteiger partial charge is 0.378 e. The number of hydrogen-bond donors (Lipinski definition) is 1. The van der Waals surface area contributed by atoms with Crippen molar-refractivity contribution in [2.45, 2.75) is 20.4 Å². The maximum atomic E-state index is 11.3. The van der Waals surface area contributed by atoms with Gasteiger partial charge in [0.1, 0.15) is 6.54 Å². The molecule has 0 aromatic carbocycles. The number of hydrogen-bond acceptors (Lipinski definition) is 6. The van der Waals surface area contributed by atoms with Crippen LogP contribution in [0.25, 0.3) is 0 Å². The van der Waals surface area contributed by atoms with E-state index in [2.05, 4.69) is 20.8 Å². The average molecular weight is 227 g/mol. The second kappa shape index (κ2) is 5.79. The van der Waals surface area contributed by atoms with Crippen LogP contribution in [0.4, 0.5) is 0 Å². The van der Waals surface area contributed by atoms with Gasteiger partial charge in [0.05, 0.1) is 6.61 Å². The number of esters is 1. The normalized spacial score (nSPS) is 9.88. The summed E-state index contributed by atoms with van der Waals surface area (Å²) in [7, 11) is 0.